The topological polar surface area (TPSA) is 112 Å². The predicted octanol–water partition coefficient (Wildman–Crippen LogP) is 4.85. The number of nitrogens with one attached hydrogen (secondary N) is 1. The second-order valence-electron chi connectivity index (χ2n) is 6.70. The Morgan fingerprint density at radius 1 is 1.23 bits per heavy atom. The standard InChI is InChI=1S/C21H21N5O4S/c1-3-11-29-17-10-9-13(26(27)28)12-15(17)19-22-16-8-6-5-7-14(16)18-20(30-19)23-21(25-24-18)31-4-2/h5-10,12,19,22H,3-4,11H2,1-2H3. The highest BCUT2D eigenvalue weighted by Crippen LogP contribution is 2.41. The van der Waals surface area contributed by atoms with Crippen molar-refractivity contribution < 1.29 is 14.4 Å². The van der Waals surface area contributed by atoms with Crippen molar-refractivity contribution >= 4 is 23.1 Å². The second kappa shape index (κ2) is 9.17. The third-order valence-corrected chi connectivity index (χ3v) is 5.28. The summed E-state index contributed by atoms with van der Waals surface area (Å²) < 4.78 is 12.1. The molecule has 0 spiro atoms. The van der Waals surface area contributed by atoms with E-state index in [1.807, 2.05) is 38.1 Å². The molecule has 31 heavy (non-hydrogen) atoms. The van der Waals surface area contributed by atoms with Gasteiger partial charge in [0.15, 0.2) is 5.69 Å². The number of thioether (sulfide) groups is 1. The lowest BCUT2D eigenvalue weighted by Gasteiger charge is -2.21. The minimum Gasteiger partial charge on any atom is -0.493 e. The number of hydrogen-bond acceptors (Lipinski definition) is 9. The van der Waals surface area contributed by atoms with Crippen molar-refractivity contribution in [3.8, 4) is 22.9 Å². The van der Waals surface area contributed by atoms with E-state index in [9.17, 15) is 10.1 Å². The van der Waals surface area contributed by atoms with Crippen molar-refractivity contribution in [2.45, 2.75) is 31.7 Å². The molecule has 0 radical (unpaired) electrons. The number of nitro groups is 1. The smallest absolute Gasteiger partial charge is 0.270 e. The van der Waals surface area contributed by atoms with Gasteiger partial charge in [-0.2, -0.15) is 4.98 Å². The quantitative estimate of drug-likeness (QED) is 0.313. The monoisotopic (exact) mass is 439 g/mol. The van der Waals surface area contributed by atoms with Gasteiger partial charge in [0.1, 0.15) is 5.75 Å². The number of nitro benzene ring substituents is 1. The van der Waals surface area contributed by atoms with Gasteiger partial charge in [0.05, 0.1) is 17.1 Å². The number of nitrogens with zero attached hydrogens (tertiary/aromatic N) is 4. The second-order valence-corrected chi connectivity index (χ2v) is 7.93. The lowest BCUT2D eigenvalue weighted by Crippen LogP contribution is -2.18. The van der Waals surface area contributed by atoms with E-state index >= 15 is 0 Å². The molecule has 1 N–H and O–H groups in total. The van der Waals surface area contributed by atoms with Crippen LogP contribution in [0.25, 0.3) is 11.3 Å². The summed E-state index contributed by atoms with van der Waals surface area (Å²) in [5.74, 6) is 1.61. The van der Waals surface area contributed by atoms with E-state index in [0.29, 0.717) is 34.7 Å². The number of non-ortho nitro benzene ring substituents is 1. The van der Waals surface area contributed by atoms with Crippen LogP contribution >= 0.6 is 11.8 Å². The Balaban J connectivity index is 1.84. The maximum atomic E-state index is 11.4. The van der Waals surface area contributed by atoms with Crippen molar-refractivity contribution in [3.05, 3.63) is 58.1 Å². The van der Waals surface area contributed by atoms with E-state index in [1.54, 1.807) is 6.07 Å². The first kappa shape index (κ1) is 20.9. The maximum Gasteiger partial charge on any atom is 0.270 e. The van der Waals surface area contributed by atoms with Gasteiger partial charge in [0.25, 0.3) is 5.69 Å². The molecule has 2 aromatic carbocycles. The summed E-state index contributed by atoms with van der Waals surface area (Å²) in [7, 11) is 0. The fourth-order valence-electron chi connectivity index (χ4n) is 3.18. The van der Waals surface area contributed by atoms with Crippen LogP contribution in [0.5, 0.6) is 11.6 Å². The number of fused-ring (bicyclic) bond motifs is 3. The summed E-state index contributed by atoms with van der Waals surface area (Å²) in [5.41, 5.74) is 2.51. The average molecular weight is 439 g/mol. The van der Waals surface area contributed by atoms with Crippen molar-refractivity contribution in [2.75, 3.05) is 17.7 Å². The van der Waals surface area contributed by atoms with Gasteiger partial charge >= 0.3 is 0 Å². The van der Waals surface area contributed by atoms with Crippen LogP contribution in [-0.4, -0.2) is 32.5 Å². The van der Waals surface area contributed by atoms with Crippen LogP contribution in [0, 0.1) is 10.1 Å². The van der Waals surface area contributed by atoms with Crippen molar-refractivity contribution in [3.63, 3.8) is 0 Å². The molecule has 0 saturated carbocycles. The molecule has 0 aliphatic carbocycles. The summed E-state index contributed by atoms with van der Waals surface area (Å²) in [6.07, 6.45) is 0.0285. The summed E-state index contributed by atoms with van der Waals surface area (Å²) in [5, 5.41) is 23.8. The van der Waals surface area contributed by atoms with Gasteiger partial charge in [-0.1, -0.05) is 43.8 Å². The van der Waals surface area contributed by atoms with Gasteiger partial charge in [-0.15, -0.1) is 10.2 Å². The molecule has 1 aliphatic rings. The normalized spacial score (nSPS) is 14.5. The number of ether oxygens (including phenoxy) is 2. The Hall–Kier alpha value is -3.40. The zero-order valence-electron chi connectivity index (χ0n) is 17.1. The molecule has 3 aromatic rings. The van der Waals surface area contributed by atoms with E-state index in [1.165, 1.54) is 23.9 Å². The van der Waals surface area contributed by atoms with Crippen LogP contribution in [0.1, 0.15) is 32.1 Å². The lowest BCUT2D eigenvalue weighted by atomic mass is 10.1. The van der Waals surface area contributed by atoms with Gasteiger partial charge in [-0.05, 0) is 24.3 Å². The van der Waals surface area contributed by atoms with E-state index < -0.39 is 11.2 Å². The van der Waals surface area contributed by atoms with Gasteiger partial charge in [-0.3, -0.25) is 10.1 Å². The molecular formula is C21H21N5O4S. The van der Waals surface area contributed by atoms with Crippen LogP contribution in [-0.2, 0) is 0 Å². The number of benzene rings is 2. The largest absolute Gasteiger partial charge is 0.493 e. The highest BCUT2D eigenvalue weighted by atomic mass is 32.2. The van der Waals surface area contributed by atoms with Gasteiger partial charge in [0, 0.05) is 23.4 Å². The Bertz CT molecular complexity index is 1110. The molecule has 0 amide bonds. The van der Waals surface area contributed by atoms with E-state index in [-0.39, 0.29) is 5.69 Å². The van der Waals surface area contributed by atoms with E-state index in [4.69, 9.17) is 9.47 Å². The van der Waals surface area contributed by atoms with Crippen molar-refractivity contribution in [1.29, 1.82) is 0 Å². The fourth-order valence-corrected chi connectivity index (χ4v) is 3.68. The number of aromatic nitrogens is 3. The van der Waals surface area contributed by atoms with Crippen LogP contribution in [0.4, 0.5) is 11.4 Å². The highest BCUT2D eigenvalue weighted by molar-refractivity contribution is 7.99. The molecule has 10 heteroatoms. The third kappa shape index (κ3) is 4.38. The minimum atomic E-state index is -0.773. The molecule has 160 valence electrons. The van der Waals surface area contributed by atoms with Crippen LogP contribution in [0.15, 0.2) is 47.6 Å². The van der Waals surface area contributed by atoms with Crippen molar-refractivity contribution in [2.24, 2.45) is 0 Å². The molecular weight excluding hydrogens is 418 g/mol. The van der Waals surface area contributed by atoms with Crippen LogP contribution in [0.3, 0.4) is 0 Å². The van der Waals surface area contributed by atoms with Crippen LogP contribution in [0.2, 0.25) is 0 Å². The molecule has 0 bridgehead atoms. The van der Waals surface area contributed by atoms with Gasteiger partial charge < -0.3 is 14.8 Å². The Labute approximate surface area is 183 Å². The molecule has 9 nitrogen and oxygen atoms in total. The zero-order valence-corrected chi connectivity index (χ0v) is 17.9. The maximum absolute atomic E-state index is 11.4. The summed E-state index contributed by atoms with van der Waals surface area (Å²) in [6.45, 7) is 4.47. The fraction of sp³-hybridized carbons (Fsp3) is 0.286. The minimum absolute atomic E-state index is 0.0509. The Kier molecular flexibility index (Phi) is 6.17. The highest BCUT2D eigenvalue weighted by Gasteiger charge is 2.29. The first-order valence-corrected chi connectivity index (χ1v) is 10.9. The predicted molar refractivity (Wildman–Crippen MR) is 118 cm³/mol. The molecule has 1 atom stereocenters. The SMILES string of the molecule is CCCOc1ccc([N+](=O)[O-])cc1C1Nc2ccccc2-c2nnc(SCC)nc2O1. The molecule has 2 heterocycles. The molecule has 1 aromatic heterocycles. The molecule has 1 unspecified atom stereocenters. The van der Waals surface area contributed by atoms with Crippen LogP contribution < -0.4 is 14.8 Å². The number of anilines is 1. The van der Waals surface area contributed by atoms with Gasteiger partial charge in [0.2, 0.25) is 17.3 Å². The molecule has 0 fully saturated rings. The summed E-state index contributed by atoms with van der Waals surface area (Å²) >= 11 is 1.45. The van der Waals surface area contributed by atoms with E-state index in [2.05, 4.69) is 20.5 Å². The number of para-hydroxylation sites is 1. The molecule has 4 rings (SSSR count). The first-order valence-electron chi connectivity index (χ1n) is 9.92. The Morgan fingerprint density at radius 3 is 2.84 bits per heavy atom. The molecule has 0 saturated heterocycles. The first-order chi connectivity index (χ1) is 15.1. The van der Waals surface area contributed by atoms with E-state index in [0.717, 1.165) is 23.4 Å². The third-order valence-electron chi connectivity index (χ3n) is 4.56. The lowest BCUT2D eigenvalue weighted by molar-refractivity contribution is -0.385. The molecule has 1 aliphatic heterocycles. The average Bonchev–Trinajstić information content (AvgIpc) is 2.94. The number of hydrogen-bond donors (Lipinski definition) is 1. The summed E-state index contributed by atoms with van der Waals surface area (Å²) in [6, 6.07) is 12.1. The Morgan fingerprint density at radius 2 is 2.06 bits per heavy atom. The van der Waals surface area contributed by atoms with Gasteiger partial charge in [-0.25, -0.2) is 0 Å². The summed E-state index contributed by atoms with van der Waals surface area (Å²) in [4.78, 5) is 15.5. The number of rotatable bonds is 7. The zero-order chi connectivity index (χ0) is 21.8. The van der Waals surface area contributed by atoms with Crippen molar-refractivity contribution in [1.82, 2.24) is 15.2 Å².